The van der Waals surface area contributed by atoms with Crippen LogP contribution in [0.15, 0.2) is 42.6 Å². The molecule has 5 rings (SSSR count). The zero-order valence-corrected chi connectivity index (χ0v) is 15.8. The lowest BCUT2D eigenvalue weighted by Crippen LogP contribution is -2.36. The van der Waals surface area contributed by atoms with E-state index in [1.165, 1.54) is 12.8 Å². The fraction of sp³-hybridized carbons (Fsp3) is 0.364. The topological polar surface area (TPSA) is 70.5 Å². The second-order valence-electron chi connectivity index (χ2n) is 7.52. The number of hydrogen-bond acceptors (Lipinski definition) is 6. The van der Waals surface area contributed by atoms with E-state index in [-0.39, 0.29) is 5.75 Å². The monoisotopic (exact) mass is 376 g/mol. The van der Waals surface area contributed by atoms with Crippen molar-refractivity contribution in [3.8, 4) is 17.0 Å². The van der Waals surface area contributed by atoms with Crippen LogP contribution < -0.4 is 10.2 Å². The average molecular weight is 376 g/mol. The molecule has 1 saturated heterocycles. The van der Waals surface area contributed by atoms with Crippen LogP contribution in [0.1, 0.15) is 18.5 Å². The Morgan fingerprint density at radius 2 is 2.00 bits per heavy atom. The molecule has 2 fully saturated rings. The molecule has 0 bridgehead atoms. The summed E-state index contributed by atoms with van der Waals surface area (Å²) in [7, 11) is 0. The minimum absolute atomic E-state index is 0.247. The van der Waals surface area contributed by atoms with E-state index in [1.54, 1.807) is 12.1 Å². The summed E-state index contributed by atoms with van der Waals surface area (Å²) in [5, 5.41) is 14.5. The highest BCUT2D eigenvalue weighted by Crippen LogP contribution is 2.32. The fourth-order valence-electron chi connectivity index (χ4n) is 3.66. The molecular weight excluding hydrogens is 352 g/mol. The van der Waals surface area contributed by atoms with Gasteiger partial charge in [-0.1, -0.05) is 12.1 Å². The minimum Gasteiger partial charge on any atom is -0.508 e. The fourth-order valence-corrected chi connectivity index (χ4v) is 3.66. The lowest BCUT2D eigenvalue weighted by molar-refractivity contribution is 0.123. The lowest BCUT2D eigenvalue weighted by atomic mass is 10.1. The molecule has 1 aliphatic carbocycles. The Labute approximate surface area is 164 Å². The first-order valence-electron chi connectivity index (χ1n) is 9.91. The quantitative estimate of drug-likeness (QED) is 0.713. The third-order valence-corrected chi connectivity index (χ3v) is 5.37. The van der Waals surface area contributed by atoms with Crippen LogP contribution in [0.4, 0.5) is 5.69 Å². The van der Waals surface area contributed by atoms with E-state index >= 15 is 0 Å². The van der Waals surface area contributed by atoms with Crippen molar-refractivity contribution < 1.29 is 9.84 Å². The highest BCUT2D eigenvalue weighted by atomic mass is 16.5. The summed E-state index contributed by atoms with van der Waals surface area (Å²) in [5.41, 5.74) is 4.83. The minimum atomic E-state index is 0.247. The van der Waals surface area contributed by atoms with Crippen molar-refractivity contribution in [1.82, 2.24) is 15.3 Å². The second-order valence-corrected chi connectivity index (χ2v) is 7.52. The van der Waals surface area contributed by atoms with Crippen molar-refractivity contribution in [3.63, 3.8) is 0 Å². The average Bonchev–Trinajstić information content (AvgIpc) is 3.56. The zero-order chi connectivity index (χ0) is 18.9. The number of phenolic OH excluding ortho intramolecular Hbond substituents is 1. The van der Waals surface area contributed by atoms with Crippen LogP contribution in [0.5, 0.6) is 5.75 Å². The smallest absolute Gasteiger partial charge is 0.116 e. The van der Waals surface area contributed by atoms with Gasteiger partial charge in [-0.3, -0.25) is 4.98 Å². The van der Waals surface area contributed by atoms with Crippen molar-refractivity contribution in [1.29, 1.82) is 0 Å². The number of morpholine rings is 1. The van der Waals surface area contributed by atoms with Gasteiger partial charge in [-0.2, -0.15) is 0 Å². The highest BCUT2D eigenvalue weighted by Gasteiger charge is 2.21. The molecule has 0 atom stereocenters. The Hall–Kier alpha value is -2.70. The number of ether oxygens (including phenoxy) is 1. The van der Waals surface area contributed by atoms with Gasteiger partial charge in [-0.15, -0.1) is 0 Å². The first-order valence-corrected chi connectivity index (χ1v) is 9.91. The standard InChI is InChI=1S/C22H24N4O2/c27-18-3-1-2-15(10-18)20-12-22(26-6-8-28-9-7-26)19-14-24-17(11-21(19)25-20)13-23-16-4-5-16/h1-3,10-12,14,16,23,27H,4-9,13H2. The first-order chi connectivity index (χ1) is 13.8. The predicted molar refractivity (Wildman–Crippen MR) is 110 cm³/mol. The summed E-state index contributed by atoms with van der Waals surface area (Å²) in [6.07, 6.45) is 4.46. The summed E-state index contributed by atoms with van der Waals surface area (Å²) in [5.74, 6) is 0.247. The third-order valence-electron chi connectivity index (χ3n) is 5.37. The van der Waals surface area contributed by atoms with E-state index in [9.17, 15) is 5.11 Å². The van der Waals surface area contributed by atoms with E-state index in [0.29, 0.717) is 6.04 Å². The number of fused-ring (bicyclic) bond motifs is 1. The van der Waals surface area contributed by atoms with Crippen LogP contribution in [0.3, 0.4) is 0 Å². The summed E-state index contributed by atoms with van der Waals surface area (Å²) in [6, 6.07) is 12.1. The van der Waals surface area contributed by atoms with Crippen LogP contribution in [-0.2, 0) is 11.3 Å². The normalized spacial score (nSPS) is 17.2. The Morgan fingerprint density at radius 3 is 2.79 bits per heavy atom. The maximum atomic E-state index is 9.90. The van der Waals surface area contributed by atoms with Gasteiger partial charge in [-0.25, -0.2) is 4.98 Å². The van der Waals surface area contributed by atoms with Crippen molar-refractivity contribution in [2.75, 3.05) is 31.2 Å². The molecule has 6 nitrogen and oxygen atoms in total. The summed E-state index contributed by atoms with van der Waals surface area (Å²) >= 11 is 0. The Kier molecular flexibility index (Phi) is 4.58. The van der Waals surface area contributed by atoms with Crippen molar-refractivity contribution in [3.05, 3.63) is 48.3 Å². The molecule has 2 aromatic heterocycles. The van der Waals surface area contributed by atoms with Crippen LogP contribution in [0, 0.1) is 0 Å². The van der Waals surface area contributed by atoms with E-state index in [0.717, 1.165) is 66.4 Å². The molecule has 0 radical (unpaired) electrons. The molecule has 0 spiro atoms. The van der Waals surface area contributed by atoms with Gasteiger partial charge < -0.3 is 20.1 Å². The van der Waals surface area contributed by atoms with E-state index < -0.39 is 0 Å². The van der Waals surface area contributed by atoms with E-state index in [2.05, 4.69) is 27.3 Å². The van der Waals surface area contributed by atoms with Gasteiger partial charge in [-0.05, 0) is 37.1 Å². The Bertz CT molecular complexity index is 997. The van der Waals surface area contributed by atoms with Gasteiger partial charge in [0.15, 0.2) is 0 Å². The zero-order valence-electron chi connectivity index (χ0n) is 15.8. The number of nitrogens with zero attached hydrogens (tertiary/aromatic N) is 3. The molecule has 144 valence electrons. The van der Waals surface area contributed by atoms with Gasteiger partial charge >= 0.3 is 0 Å². The maximum Gasteiger partial charge on any atom is 0.116 e. The lowest BCUT2D eigenvalue weighted by Gasteiger charge is -2.30. The van der Waals surface area contributed by atoms with Gasteiger partial charge in [0.2, 0.25) is 0 Å². The first kappa shape index (κ1) is 17.4. The number of aromatic hydroxyl groups is 1. The van der Waals surface area contributed by atoms with Crippen LogP contribution in [0.2, 0.25) is 0 Å². The number of benzene rings is 1. The molecule has 1 aromatic carbocycles. The number of phenols is 1. The number of pyridine rings is 2. The molecule has 3 heterocycles. The molecular formula is C22H24N4O2. The molecule has 0 unspecified atom stereocenters. The molecule has 1 saturated carbocycles. The molecule has 0 amide bonds. The summed E-state index contributed by atoms with van der Waals surface area (Å²) in [4.78, 5) is 11.9. The van der Waals surface area contributed by atoms with E-state index in [4.69, 9.17) is 9.72 Å². The molecule has 1 aliphatic heterocycles. The van der Waals surface area contributed by atoms with Gasteiger partial charge in [0.25, 0.3) is 0 Å². The van der Waals surface area contributed by atoms with Crippen LogP contribution in [-0.4, -0.2) is 47.4 Å². The summed E-state index contributed by atoms with van der Waals surface area (Å²) in [6.45, 7) is 3.92. The predicted octanol–water partition coefficient (Wildman–Crippen LogP) is 3.09. The second kappa shape index (κ2) is 7.37. The largest absolute Gasteiger partial charge is 0.508 e. The van der Waals surface area contributed by atoms with Gasteiger partial charge in [0.1, 0.15) is 5.75 Å². The number of hydrogen-bond donors (Lipinski definition) is 2. The third kappa shape index (κ3) is 3.66. The highest BCUT2D eigenvalue weighted by molar-refractivity contribution is 5.94. The van der Waals surface area contributed by atoms with Crippen LogP contribution in [0.25, 0.3) is 22.2 Å². The number of anilines is 1. The maximum absolute atomic E-state index is 9.90. The number of nitrogens with one attached hydrogen (secondary N) is 1. The molecule has 6 heteroatoms. The van der Waals surface area contributed by atoms with E-state index in [1.807, 2.05) is 18.3 Å². The number of aromatic nitrogens is 2. The number of rotatable bonds is 5. The Balaban J connectivity index is 1.59. The van der Waals surface area contributed by atoms with Gasteiger partial charge in [0.05, 0.1) is 35.8 Å². The molecule has 2 N–H and O–H groups in total. The summed E-state index contributed by atoms with van der Waals surface area (Å²) < 4.78 is 5.53. The van der Waals surface area contributed by atoms with Crippen LogP contribution >= 0.6 is 0 Å². The SMILES string of the molecule is Oc1cccc(-c2cc(N3CCOCC3)c3cnc(CNC4CC4)cc3n2)c1. The molecule has 28 heavy (non-hydrogen) atoms. The van der Waals surface area contributed by atoms with Gasteiger partial charge in [0, 0.05) is 42.8 Å². The Morgan fingerprint density at radius 1 is 1.14 bits per heavy atom. The van der Waals surface area contributed by atoms with Crippen molar-refractivity contribution >= 4 is 16.6 Å². The molecule has 2 aliphatic rings. The van der Waals surface area contributed by atoms with Crippen molar-refractivity contribution in [2.45, 2.75) is 25.4 Å². The van der Waals surface area contributed by atoms with Crippen molar-refractivity contribution in [2.24, 2.45) is 0 Å². The molecule has 3 aromatic rings.